The Morgan fingerprint density at radius 2 is 1.47 bits per heavy atom. The van der Waals surface area contributed by atoms with Crippen molar-refractivity contribution in [3.63, 3.8) is 0 Å². The number of amides is 1. The van der Waals surface area contributed by atoms with Crippen molar-refractivity contribution < 1.29 is 22.7 Å². The van der Waals surface area contributed by atoms with Gasteiger partial charge in [-0.05, 0) is 46.6 Å². The average Bonchev–Trinajstić information content (AvgIpc) is 2.99. The fraction of sp³-hybridized carbons (Fsp3) is 0.667. The third-order valence-electron chi connectivity index (χ3n) is 6.79. The van der Waals surface area contributed by atoms with E-state index in [-0.39, 0.29) is 25.6 Å². The molecule has 0 saturated carbocycles. The molecule has 9 nitrogen and oxygen atoms in total. The predicted molar refractivity (Wildman–Crippen MR) is 132 cm³/mol. The van der Waals surface area contributed by atoms with Crippen LogP contribution in [-0.2, 0) is 26.3 Å². The molecule has 34 heavy (non-hydrogen) atoms. The molecule has 2 aliphatic heterocycles. The topological polar surface area (TPSA) is 92.2 Å². The van der Waals surface area contributed by atoms with Gasteiger partial charge in [0.15, 0.2) is 0 Å². The second-order valence-electron chi connectivity index (χ2n) is 8.80. The Bertz CT molecular complexity index is 1010. The SMILES string of the molecule is CCOC(=O)c1c(/C=C/C(=O)N2CCN(S(=O)(=O)N3CCCCCC3)CC2)c(C)n(CC)c1C. The van der Waals surface area contributed by atoms with E-state index in [1.807, 2.05) is 25.3 Å². The molecular formula is C24H38N4O5S. The van der Waals surface area contributed by atoms with Gasteiger partial charge in [-0.2, -0.15) is 17.0 Å². The van der Waals surface area contributed by atoms with E-state index < -0.39 is 16.2 Å². The minimum Gasteiger partial charge on any atom is -0.462 e. The molecule has 3 heterocycles. The molecule has 1 amide bonds. The summed E-state index contributed by atoms with van der Waals surface area (Å²) in [6.07, 6.45) is 7.09. The molecule has 0 N–H and O–H groups in total. The van der Waals surface area contributed by atoms with Gasteiger partial charge in [0.05, 0.1) is 12.2 Å². The van der Waals surface area contributed by atoms with Crippen LogP contribution in [0.5, 0.6) is 0 Å². The Kier molecular flexibility index (Phi) is 8.95. The van der Waals surface area contributed by atoms with Gasteiger partial charge in [-0.15, -0.1) is 0 Å². The van der Waals surface area contributed by atoms with Crippen LogP contribution in [0.4, 0.5) is 0 Å². The maximum absolute atomic E-state index is 13.0. The second-order valence-corrected chi connectivity index (χ2v) is 10.7. The summed E-state index contributed by atoms with van der Waals surface area (Å²) in [6.45, 7) is 11.0. The van der Waals surface area contributed by atoms with Crippen LogP contribution in [0.15, 0.2) is 6.08 Å². The number of hydrogen-bond acceptors (Lipinski definition) is 5. The zero-order valence-electron chi connectivity index (χ0n) is 20.9. The zero-order chi connectivity index (χ0) is 24.9. The quantitative estimate of drug-likeness (QED) is 0.429. The number of rotatable bonds is 7. The van der Waals surface area contributed by atoms with Gasteiger partial charge in [0.2, 0.25) is 5.91 Å². The Hall–Kier alpha value is -2.17. The monoisotopic (exact) mass is 494 g/mol. The molecule has 0 radical (unpaired) electrons. The highest BCUT2D eigenvalue weighted by Crippen LogP contribution is 2.25. The molecule has 10 heteroatoms. The molecule has 2 fully saturated rings. The van der Waals surface area contributed by atoms with Crippen molar-refractivity contribution in [2.75, 3.05) is 45.9 Å². The summed E-state index contributed by atoms with van der Waals surface area (Å²) in [4.78, 5) is 27.1. The molecule has 2 aliphatic rings. The van der Waals surface area contributed by atoms with Crippen molar-refractivity contribution >= 4 is 28.2 Å². The van der Waals surface area contributed by atoms with E-state index >= 15 is 0 Å². The molecule has 1 aromatic rings. The normalized spacial score (nSPS) is 18.9. The number of carbonyl (C=O) groups excluding carboxylic acids is 2. The van der Waals surface area contributed by atoms with Crippen LogP contribution in [0.3, 0.4) is 0 Å². The van der Waals surface area contributed by atoms with Crippen LogP contribution in [0, 0.1) is 13.8 Å². The average molecular weight is 495 g/mol. The fourth-order valence-corrected chi connectivity index (χ4v) is 6.55. The van der Waals surface area contributed by atoms with Crippen LogP contribution in [0.25, 0.3) is 6.08 Å². The van der Waals surface area contributed by atoms with E-state index in [9.17, 15) is 18.0 Å². The lowest BCUT2D eigenvalue weighted by Crippen LogP contribution is -2.54. The predicted octanol–water partition coefficient (Wildman–Crippen LogP) is 2.58. The smallest absolute Gasteiger partial charge is 0.340 e. The minimum atomic E-state index is -3.49. The van der Waals surface area contributed by atoms with Crippen molar-refractivity contribution in [1.29, 1.82) is 0 Å². The lowest BCUT2D eigenvalue weighted by atomic mass is 10.1. The lowest BCUT2D eigenvalue weighted by Gasteiger charge is -2.36. The number of aromatic nitrogens is 1. The molecule has 1 aromatic heterocycles. The zero-order valence-corrected chi connectivity index (χ0v) is 21.7. The summed E-state index contributed by atoms with van der Waals surface area (Å²) in [5, 5.41) is 0. The number of esters is 1. The largest absolute Gasteiger partial charge is 0.462 e. The van der Waals surface area contributed by atoms with Gasteiger partial charge in [-0.1, -0.05) is 12.8 Å². The van der Waals surface area contributed by atoms with Gasteiger partial charge in [-0.3, -0.25) is 4.79 Å². The molecule has 190 valence electrons. The summed E-state index contributed by atoms with van der Waals surface area (Å²) >= 11 is 0. The van der Waals surface area contributed by atoms with E-state index in [2.05, 4.69) is 0 Å². The molecule has 3 rings (SSSR count). The molecule has 0 atom stereocenters. The molecule has 0 aromatic carbocycles. The van der Waals surface area contributed by atoms with Crippen LogP contribution in [-0.4, -0.2) is 84.2 Å². The van der Waals surface area contributed by atoms with Gasteiger partial charge in [-0.25, -0.2) is 4.79 Å². The maximum atomic E-state index is 13.0. The summed E-state index contributed by atoms with van der Waals surface area (Å²) < 4.78 is 36.4. The highest BCUT2D eigenvalue weighted by atomic mass is 32.2. The Morgan fingerprint density at radius 3 is 2.03 bits per heavy atom. The molecular weight excluding hydrogens is 456 g/mol. The van der Waals surface area contributed by atoms with Crippen LogP contribution < -0.4 is 0 Å². The van der Waals surface area contributed by atoms with E-state index in [0.29, 0.717) is 43.9 Å². The summed E-state index contributed by atoms with van der Waals surface area (Å²) in [6, 6.07) is 0. The highest BCUT2D eigenvalue weighted by molar-refractivity contribution is 7.86. The Morgan fingerprint density at radius 1 is 0.882 bits per heavy atom. The Labute approximate surface area is 203 Å². The van der Waals surface area contributed by atoms with Gasteiger partial charge in [0, 0.05) is 68.8 Å². The fourth-order valence-electron chi connectivity index (χ4n) is 4.88. The van der Waals surface area contributed by atoms with E-state index in [1.165, 1.54) is 10.4 Å². The number of nitrogens with zero attached hydrogens (tertiary/aromatic N) is 4. The number of ether oxygens (including phenoxy) is 1. The van der Waals surface area contributed by atoms with Crippen molar-refractivity contribution in [3.8, 4) is 0 Å². The van der Waals surface area contributed by atoms with Gasteiger partial charge in [0.25, 0.3) is 10.2 Å². The molecule has 2 saturated heterocycles. The van der Waals surface area contributed by atoms with Crippen LogP contribution in [0.2, 0.25) is 0 Å². The first-order valence-electron chi connectivity index (χ1n) is 12.3. The molecule has 0 bridgehead atoms. The van der Waals surface area contributed by atoms with Crippen molar-refractivity contribution in [3.05, 3.63) is 28.6 Å². The first-order valence-corrected chi connectivity index (χ1v) is 13.7. The van der Waals surface area contributed by atoms with Crippen LogP contribution in [0.1, 0.15) is 66.8 Å². The Balaban J connectivity index is 1.68. The lowest BCUT2D eigenvalue weighted by molar-refractivity contribution is -0.127. The number of piperazine rings is 1. The summed E-state index contributed by atoms with van der Waals surface area (Å²) in [7, 11) is -3.49. The summed E-state index contributed by atoms with van der Waals surface area (Å²) in [5.41, 5.74) is 2.89. The third-order valence-corrected chi connectivity index (χ3v) is 8.82. The molecule has 0 unspecified atom stereocenters. The summed E-state index contributed by atoms with van der Waals surface area (Å²) in [5.74, 6) is -0.585. The second kappa shape index (κ2) is 11.5. The maximum Gasteiger partial charge on any atom is 0.340 e. The number of carbonyl (C=O) groups is 2. The number of hydrogen-bond donors (Lipinski definition) is 0. The first-order chi connectivity index (χ1) is 16.2. The first kappa shape index (κ1) is 26.4. The van der Waals surface area contributed by atoms with Gasteiger partial charge >= 0.3 is 5.97 Å². The van der Waals surface area contributed by atoms with Crippen molar-refractivity contribution in [1.82, 2.24) is 18.1 Å². The van der Waals surface area contributed by atoms with Crippen molar-refractivity contribution in [2.24, 2.45) is 0 Å². The van der Waals surface area contributed by atoms with Crippen LogP contribution >= 0.6 is 0 Å². The van der Waals surface area contributed by atoms with Gasteiger partial charge < -0.3 is 14.2 Å². The van der Waals surface area contributed by atoms with Gasteiger partial charge in [0.1, 0.15) is 0 Å². The minimum absolute atomic E-state index is 0.192. The standard InChI is InChI=1S/C24H38N4O5S/c1-5-28-19(3)21(23(20(28)4)24(30)33-6-2)11-12-22(29)25-15-17-27(18-16-25)34(31,32)26-13-9-7-8-10-14-26/h11-12H,5-10,13-18H2,1-4H3/b12-11+. The third kappa shape index (κ3) is 5.55. The molecule has 0 spiro atoms. The van der Waals surface area contributed by atoms with Crippen molar-refractivity contribution in [2.45, 2.75) is 59.9 Å². The molecule has 0 aliphatic carbocycles. The van der Waals surface area contributed by atoms with E-state index in [0.717, 1.165) is 37.1 Å². The van der Waals surface area contributed by atoms with E-state index in [4.69, 9.17) is 4.74 Å². The highest BCUT2D eigenvalue weighted by Gasteiger charge is 2.33. The van der Waals surface area contributed by atoms with E-state index in [1.54, 1.807) is 22.2 Å².